The van der Waals surface area contributed by atoms with Gasteiger partial charge in [0, 0.05) is 30.9 Å². The second-order valence-corrected chi connectivity index (χ2v) is 5.13. The number of thiocarbonyl (C=S) groups is 1. The van der Waals surface area contributed by atoms with E-state index in [0.29, 0.717) is 12.2 Å². The van der Waals surface area contributed by atoms with Gasteiger partial charge in [0.1, 0.15) is 10.8 Å². The van der Waals surface area contributed by atoms with Crippen LogP contribution in [0.15, 0.2) is 18.2 Å². The first-order chi connectivity index (χ1) is 9.11. The smallest absolute Gasteiger partial charge is 0.135 e. The SMILES string of the molecule is CCOC1CCCN(c2ccc(C(N)=S)c(F)c2)C1. The number of piperidine rings is 1. The molecule has 5 heteroatoms. The Balaban J connectivity index is 2.13. The molecule has 1 unspecified atom stereocenters. The first-order valence-corrected chi connectivity index (χ1v) is 6.98. The van der Waals surface area contributed by atoms with E-state index >= 15 is 0 Å². The highest BCUT2D eigenvalue weighted by molar-refractivity contribution is 7.80. The lowest BCUT2D eigenvalue weighted by atomic mass is 10.1. The van der Waals surface area contributed by atoms with E-state index in [0.717, 1.165) is 31.6 Å². The van der Waals surface area contributed by atoms with Crippen LogP contribution in [0.1, 0.15) is 25.3 Å². The van der Waals surface area contributed by atoms with Gasteiger partial charge in [-0.1, -0.05) is 12.2 Å². The van der Waals surface area contributed by atoms with Gasteiger partial charge in [-0.3, -0.25) is 0 Å². The largest absolute Gasteiger partial charge is 0.389 e. The van der Waals surface area contributed by atoms with Crippen LogP contribution >= 0.6 is 12.2 Å². The van der Waals surface area contributed by atoms with Crippen LogP contribution in [0.4, 0.5) is 10.1 Å². The number of hydrogen-bond acceptors (Lipinski definition) is 3. The van der Waals surface area contributed by atoms with Gasteiger partial charge in [-0.2, -0.15) is 0 Å². The van der Waals surface area contributed by atoms with Gasteiger partial charge in [0.05, 0.1) is 6.10 Å². The van der Waals surface area contributed by atoms with Crippen molar-refractivity contribution in [1.29, 1.82) is 0 Å². The Bertz CT molecular complexity index is 465. The summed E-state index contributed by atoms with van der Waals surface area (Å²) in [6, 6.07) is 5.02. The van der Waals surface area contributed by atoms with Gasteiger partial charge < -0.3 is 15.4 Å². The van der Waals surface area contributed by atoms with Crippen LogP contribution in [0.25, 0.3) is 0 Å². The fourth-order valence-corrected chi connectivity index (χ4v) is 2.61. The van der Waals surface area contributed by atoms with Crippen molar-refractivity contribution in [2.75, 3.05) is 24.6 Å². The summed E-state index contributed by atoms with van der Waals surface area (Å²) in [6.45, 7) is 4.44. The summed E-state index contributed by atoms with van der Waals surface area (Å²) >= 11 is 4.81. The quantitative estimate of drug-likeness (QED) is 0.861. The highest BCUT2D eigenvalue weighted by Crippen LogP contribution is 2.23. The number of benzene rings is 1. The topological polar surface area (TPSA) is 38.5 Å². The standard InChI is InChI=1S/C14H19FN2OS/c1-2-18-11-4-3-7-17(9-11)10-5-6-12(14(16)19)13(15)8-10/h5-6,8,11H,2-4,7,9H2,1H3,(H2,16,19). The van der Waals surface area contributed by atoms with E-state index < -0.39 is 0 Å². The normalized spacial score (nSPS) is 19.5. The Morgan fingerprint density at radius 2 is 2.37 bits per heavy atom. The second kappa shape index (κ2) is 6.30. The summed E-state index contributed by atoms with van der Waals surface area (Å²) in [5, 5.41) is 0. The maximum atomic E-state index is 13.9. The molecule has 0 saturated carbocycles. The summed E-state index contributed by atoms with van der Waals surface area (Å²) in [5.74, 6) is -0.358. The molecule has 1 aliphatic heterocycles. The molecule has 1 aliphatic rings. The van der Waals surface area contributed by atoms with Gasteiger partial charge in [0.15, 0.2) is 0 Å². The van der Waals surface area contributed by atoms with Crippen molar-refractivity contribution in [3.8, 4) is 0 Å². The van der Waals surface area contributed by atoms with E-state index in [1.165, 1.54) is 6.07 Å². The van der Waals surface area contributed by atoms with Gasteiger partial charge >= 0.3 is 0 Å². The number of nitrogens with two attached hydrogens (primary N) is 1. The zero-order chi connectivity index (χ0) is 13.8. The minimum Gasteiger partial charge on any atom is -0.389 e. The predicted octanol–water partition coefficient (Wildman–Crippen LogP) is 2.47. The van der Waals surface area contributed by atoms with E-state index in [4.69, 9.17) is 22.7 Å². The Kier molecular flexibility index (Phi) is 4.71. The first kappa shape index (κ1) is 14.2. The van der Waals surface area contributed by atoms with Crippen LogP contribution in [-0.2, 0) is 4.74 Å². The highest BCUT2D eigenvalue weighted by Gasteiger charge is 2.21. The monoisotopic (exact) mass is 282 g/mol. The van der Waals surface area contributed by atoms with Crippen molar-refractivity contribution in [3.63, 3.8) is 0 Å². The number of anilines is 1. The molecule has 1 aromatic carbocycles. The van der Waals surface area contributed by atoms with Crippen molar-refractivity contribution in [2.45, 2.75) is 25.9 Å². The summed E-state index contributed by atoms with van der Waals surface area (Å²) < 4.78 is 19.5. The molecule has 0 bridgehead atoms. The van der Waals surface area contributed by atoms with Crippen molar-refractivity contribution in [2.24, 2.45) is 5.73 Å². The summed E-state index contributed by atoms with van der Waals surface area (Å²) in [5.41, 5.74) is 6.63. The lowest BCUT2D eigenvalue weighted by Gasteiger charge is -2.34. The van der Waals surface area contributed by atoms with Crippen LogP contribution in [0.3, 0.4) is 0 Å². The molecule has 19 heavy (non-hydrogen) atoms. The van der Waals surface area contributed by atoms with Crippen molar-refractivity contribution >= 4 is 22.9 Å². The second-order valence-electron chi connectivity index (χ2n) is 4.69. The van der Waals surface area contributed by atoms with Crippen LogP contribution < -0.4 is 10.6 Å². The van der Waals surface area contributed by atoms with Crippen LogP contribution in [0.2, 0.25) is 0 Å². The van der Waals surface area contributed by atoms with E-state index in [1.807, 2.05) is 13.0 Å². The summed E-state index contributed by atoms with van der Waals surface area (Å²) in [4.78, 5) is 2.24. The van der Waals surface area contributed by atoms with E-state index in [1.54, 1.807) is 6.07 Å². The third-order valence-electron chi connectivity index (χ3n) is 3.36. The molecule has 1 heterocycles. The Hall–Kier alpha value is -1.20. The third kappa shape index (κ3) is 3.42. The molecule has 1 aromatic rings. The van der Waals surface area contributed by atoms with Gasteiger partial charge in [-0.15, -0.1) is 0 Å². The van der Waals surface area contributed by atoms with Gasteiger partial charge in [0.25, 0.3) is 0 Å². The van der Waals surface area contributed by atoms with Crippen LogP contribution in [-0.4, -0.2) is 30.8 Å². The highest BCUT2D eigenvalue weighted by atomic mass is 32.1. The average molecular weight is 282 g/mol. The van der Waals surface area contributed by atoms with E-state index in [-0.39, 0.29) is 16.9 Å². The van der Waals surface area contributed by atoms with Gasteiger partial charge in [0.2, 0.25) is 0 Å². The molecule has 1 atom stereocenters. The zero-order valence-electron chi connectivity index (χ0n) is 11.1. The molecule has 2 rings (SSSR count). The van der Waals surface area contributed by atoms with Crippen LogP contribution in [0, 0.1) is 5.82 Å². The maximum absolute atomic E-state index is 13.9. The average Bonchev–Trinajstić information content (AvgIpc) is 2.39. The number of hydrogen-bond donors (Lipinski definition) is 1. The molecule has 1 saturated heterocycles. The number of ether oxygens (including phenoxy) is 1. The number of nitrogens with zero attached hydrogens (tertiary/aromatic N) is 1. The van der Waals surface area contributed by atoms with Crippen molar-refractivity contribution in [1.82, 2.24) is 0 Å². The molecule has 3 nitrogen and oxygen atoms in total. The fraction of sp³-hybridized carbons (Fsp3) is 0.500. The molecule has 0 amide bonds. The molecule has 0 radical (unpaired) electrons. The zero-order valence-corrected chi connectivity index (χ0v) is 11.9. The summed E-state index contributed by atoms with van der Waals surface area (Å²) in [6.07, 6.45) is 2.36. The summed E-state index contributed by atoms with van der Waals surface area (Å²) in [7, 11) is 0. The Morgan fingerprint density at radius 3 is 3.00 bits per heavy atom. The molecule has 1 fully saturated rings. The lowest BCUT2D eigenvalue weighted by molar-refractivity contribution is 0.0526. The minimum atomic E-state index is -0.358. The predicted molar refractivity (Wildman–Crippen MR) is 79.1 cm³/mol. The molecule has 0 aliphatic carbocycles. The van der Waals surface area contributed by atoms with Crippen LogP contribution in [0.5, 0.6) is 0 Å². The Morgan fingerprint density at radius 1 is 1.58 bits per heavy atom. The molecular weight excluding hydrogens is 263 g/mol. The minimum absolute atomic E-state index is 0.0925. The first-order valence-electron chi connectivity index (χ1n) is 6.57. The lowest BCUT2D eigenvalue weighted by Crippen LogP contribution is -2.39. The molecule has 0 aromatic heterocycles. The van der Waals surface area contributed by atoms with E-state index in [2.05, 4.69) is 4.90 Å². The third-order valence-corrected chi connectivity index (χ3v) is 3.58. The van der Waals surface area contributed by atoms with Crippen molar-refractivity contribution < 1.29 is 9.13 Å². The van der Waals surface area contributed by atoms with Crippen molar-refractivity contribution in [3.05, 3.63) is 29.6 Å². The fourth-order valence-electron chi connectivity index (χ4n) is 2.44. The molecule has 104 valence electrons. The molecule has 2 N–H and O–H groups in total. The van der Waals surface area contributed by atoms with E-state index in [9.17, 15) is 4.39 Å². The molecule has 0 spiro atoms. The Labute approximate surface area is 118 Å². The molecular formula is C14H19FN2OS. The number of halogens is 1. The number of rotatable bonds is 4. The maximum Gasteiger partial charge on any atom is 0.135 e. The van der Waals surface area contributed by atoms with Gasteiger partial charge in [-0.25, -0.2) is 4.39 Å². The van der Waals surface area contributed by atoms with Gasteiger partial charge in [-0.05, 0) is 38.0 Å².